The van der Waals surface area contributed by atoms with Gasteiger partial charge in [0.1, 0.15) is 18.8 Å². The average Bonchev–Trinajstić information content (AvgIpc) is 3.45. The van der Waals surface area contributed by atoms with E-state index in [1.54, 1.807) is 35.9 Å². The number of carbonyl (C=O) groups is 1. The van der Waals surface area contributed by atoms with E-state index in [1.807, 2.05) is 28.8 Å². The van der Waals surface area contributed by atoms with Gasteiger partial charge in [-0.2, -0.15) is 13.2 Å². The number of anilines is 1. The second-order valence-electron chi connectivity index (χ2n) is 8.50. The number of aliphatic hydroxyl groups is 1. The maximum atomic E-state index is 12.3. The van der Waals surface area contributed by atoms with Crippen molar-refractivity contribution in [2.75, 3.05) is 38.1 Å². The Bertz CT molecular complexity index is 1210. The summed E-state index contributed by atoms with van der Waals surface area (Å²) in [6.45, 7) is 1.57. The first-order valence-electron chi connectivity index (χ1n) is 11.5. The van der Waals surface area contributed by atoms with Gasteiger partial charge < -0.3 is 25.5 Å². The molecule has 0 saturated carbocycles. The number of imidazole rings is 1. The van der Waals surface area contributed by atoms with E-state index >= 15 is 0 Å². The highest BCUT2D eigenvalue weighted by Gasteiger charge is 2.27. The molecule has 3 N–H and O–H groups in total. The number of β-amino-alcohol motifs (C(OH)–C–C–N with tert-alkyl or cyclic N) is 1. The molecule has 1 atom stereocenters. The second kappa shape index (κ2) is 11.4. The molecule has 0 aliphatic carbocycles. The molecular formula is C24H27F3N6O3. The topological polar surface area (TPSA) is 103 Å². The van der Waals surface area contributed by atoms with Crippen LogP contribution in [0.15, 0.2) is 53.9 Å². The monoisotopic (exact) mass is 504 g/mol. The van der Waals surface area contributed by atoms with E-state index in [0.717, 1.165) is 42.8 Å². The first kappa shape index (κ1) is 25.5. The van der Waals surface area contributed by atoms with Crippen LogP contribution >= 0.6 is 0 Å². The smallest absolute Gasteiger partial charge is 0.396 e. The van der Waals surface area contributed by atoms with Crippen LogP contribution in [0.25, 0.3) is 16.9 Å². The SMILES string of the molecule is O=C(NCC(F)(F)F)Nc1cccc(-c2cnc3cc(/C=N\OCCCN4CCC(O)C4)ccn23)c1. The Balaban J connectivity index is 1.33. The maximum Gasteiger partial charge on any atom is 0.405 e. The van der Waals surface area contributed by atoms with Crippen molar-refractivity contribution in [3.05, 3.63) is 54.4 Å². The van der Waals surface area contributed by atoms with Crippen LogP contribution in [0.3, 0.4) is 0 Å². The van der Waals surface area contributed by atoms with Gasteiger partial charge in [0.25, 0.3) is 0 Å². The average molecular weight is 505 g/mol. The number of rotatable bonds is 9. The molecule has 1 saturated heterocycles. The van der Waals surface area contributed by atoms with Crippen LogP contribution in [-0.4, -0.2) is 76.7 Å². The minimum atomic E-state index is -4.48. The number of nitrogens with zero attached hydrogens (tertiary/aromatic N) is 4. The van der Waals surface area contributed by atoms with Crippen molar-refractivity contribution in [2.24, 2.45) is 5.16 Å². The highest BCUT2D eigenvalue weighted by molar-refractivity contribution is 5.90. The second-order valence-corrected chi connectivity index (χ2v) is 8.50. The van der Waals surface area contributed by atoms with E-state index in [-0.39, 0.29) is 6.10 Å². The number of likely N-dealkylation sites (tertiary alicyclic amines) is 1. The van der Waals surface area contributed by atoms with Gasteiger partial charge in [-0.05, 0) is 37.1 Å². The number of hydrogen-bond donors (Lipinski definition) is 3. The van der Waals surface area contributed by atoms with Gasteiger partial charge in [-0.25, -0.2) is 9.78 Å². The van der Waals surface area contributed by atoms with E-state index in [0.29, 0.717) is 24.5 Å². The van der Waals surface area contributed by atoms with E-state index in [9.17, 15) is 23.1 Å². The lowest BCUT2D eigenvalue weighted by atomic mass is 10.1. The third-order valence-corrected chi connectivity index (χ3v) is 5.64. The minimum absolute atomic E-state index is 0.221. The number of oxime groups is 1. The van der Waals surface area contributed by atoms with E-state index in [1.165, 1.54) is 0 Å². The van der Waals surface area contributed by atoms with Gasteiger partial charge in [0, 0.05) is 42.6 Å². The molecule has 3 heterocycles. The summed E-state index contributed by atoms with van der Waals surface area (Å²) >= 11 is 0. The molecular weight excluding hydrogens is 477 g/mol. The normalized spacial score (nSPS) is 16.6. The molecule has 9 nitrogen and oxygen atoms in total. The molecule has 1 unspecified atom stereocenters. The molecule has 0 bridgehead atoms. The Labute approximate surface area is 205 Å². The summed E-state index contributed by atoms with van der Waals surface area (Å²) in [4.78, 5) is 23.7. The van der Waals surface area contributed by atoms with Crippen molar-refractivity contribution in [1.82, 2.24) is 19.6 Å². The molecule has 1 aliphatic heterocycles. The Hall–Kier alpha value is -3.64. The number of pyridine rings is 1. The number of benzene rings is 1. The molecule has 12 heteroatoms. The van der Waals surface area contributed by atoms with Crippen LogP contribution in [0.4, 0.5) is 23.7 Å². The van der Waals surface area contributed by atoms with Crippen LogP contribution < -0.4 is 10.6 Å². The molecule has 2 aromatic heterocycles. The lowest BCUT2D eigenvalue weighted by molar-refractivity contribution is -0.122. The van der Waals surface area contributed by atoms with Gasteiger partial charge in [0.05, 0.1) is 24.2 Å². The summed E-state index contributed by atoms with van der Waals surface area (Å²) in [5.74, 6) is 0. The molecule has 1 fully saturated rings. The van der Waals surface area contributed by atoms with E-state index < -0.39 is 18.8 Å². The van der Waals surface area contributed by atoms with Gasteiger partial charge in [-0.3, -0.25) is 4.40 Å². The number of halogens is 3. The maximum absolute atomic E-state index is 12.3. The number of aromatic nitrogens is 2. The number of hydrogen-bond acceptors (Lipinski definition) is 6. The zero-order chi connectivity index (χ0) is 25.5. The first-order valence-corrected chi connectivity index (χ1v) is 11.5. The van der Waals surface area contributed by atoms with E-state index in [4.69, 9.17) is 4.84 Å². The Morgan fingerprint density at radius 1 is 1.31 bits per heavy atom. The van der Waals surface area contributed by atoms with Crippen molar-refractivity contribution in [3.8, 4) is 11.3 Å². The van der Waals surface area contributed by atoms with Gasteiger partial charge in [0.2, 0.25) is 0 Å². The standard InChI is InChI=1S/C24H27F3N6O3/c25-24(26,27)16-29-23(35)31-19-4-1-3-18(12-19)21-14-28-22-11-17(5-9-33(21)22)13-30-36-10-2-7-32-8-6-20(34)15-32/h1,3-5,9,11-14,20,34H,2,6-8,10,15-16H2,(H2,29,31,35)/b30-13-. The predicted molar refractivity (Wildman–Crippen MR) is 129 cm³/mol. The largest absolute Gasteiger partial charge is 0.405 e. The molecule has 0 radical (unpaired) electrons. The molecule has 1 aliphatic rings. The number of aliphatic hydroxyl groups excluding tert-OH is 1. The highest BCUT2D eigenvalue weighted by Crippen LogP contribution is 2.24. The highest BCUT2D eigenvalue weighted by atomic mass is 19.4. The number of urea groups is 1. The fraction of sp³-hybridized carbons (Fsp3) is 0.375. The summed E-state index contributed by atoms with van der Waals surface area (Å²) in [5.41, 5.74) is 3.30. The number of fused-ring (bicyclic) bond motifs is 1. The molecule has 1 aromatic carbocycles. The summed E-state index contributed by atoms with van der Waals surface area (Å²) in [6, 6.07) is 9.50. The van der Waals surface area contributed by atoms with Crippen molar-refractivity contribution in [3.63, 3.8) is 0 Å². The quantitative estimate of drug-likeness (QED) is 0.235. The van der Waals surface area contributed by atoms with Gasteiger partial charge in [-0.1, -0.05) is 17.3 Å². The lowest BCUT2D eigenvalue weighted by Gasteiger charge is -2.13. The summed E-state index contributed by atoms with van der Waals surface area (Å²) in [5, 5.41) is 17.7. The number of amides is 2. The Morgan fingerprint density at radius 3 is 2.94 bits per heavy atom. The third-order valence-electron chi connectivity index (χ3n) is 5.64. The molecule has 3 aromatic rings. The predicted octanol–water partition coefficient (Wildman–Crippen LogP) is 3.49. The Morgan fingerprint density at radius 2 is 2.17 bits per heavy atom. The minimum Gasteiger partial charge on any atom is -0.396 e. The lowest BCUT2D eigenvalue weighted by Crippen LogP contribution is -2.36. The van der Waals surface area contributed by atoms with Gasteiger partial charge >= 0.3 is 12.2 Å². The van der Waals surface area contributed by atoms with E-state index in [2.05, 4.69) is 20.4 Å². The summed E-state index contributed by atoms with van der Waals surface area (Å²) in [7, 11) is 0. The molecule has 2 amide bonds. The molecule has 4 rings (SSSR count). The van der Waals surface area contributed by atoms with Crippen LogP contribution in [0.1, 0.15) is 18.4 Å². The molecule has 36 heavy (non-hydrogen) atoms. The van der Waals surface area contributed by atoms with Crippen molar-refractivity contribution in [1.29, 1.82) is 0 Å². The van der Waals surface area contributed by atoms with Crippen molar-refractivity contribution < 1.29 is 27.9 Å². The number of alkyl halides is 3. The fourth-order valence-corrected chi connectivity index (χ4v) is 3.92. The van der Waals surface area contributed by atoms with Crippen molar-refractivity contribution in [2.45, 2.75) is 25.1 Å². The van der Waals surface area contributed by atoms with Gasteiger partial charge in [-0.15, -0.1) is 0 Å². The summed E-state index contributed by atoms with van der Waals surface area (Å²) in [6.07, 6.45) is 2.05. The molecule has 0 spiro atoms. The Kier molecular flexibility index (Phi) is 8.06. The van der Waals surface area contributed by atoms with Crippen molar-refractivity contribution >= 4 is 23.6 Å². The first-order chi connectivity index (χ1) is 17.3. The van der Waals surface area contributed by atoms with Crippen LogP contribution in [0.2, 0.25) is 0 Å². The third kappa shape index (κ3) is 7.18. The number of nitrogens with one attached hydrogen (secondary N) is 2. The van der Waals surface area contributed by atoms with Crippen LogP contribution in [0, 0.1) is 0 Å². The zero-order valence-corrected chi connectivity index (χ0v) is 19.4. The zero-order valence-electron chi connectivity index (χ0n) is 19.4. The van der Waals surface area contributed by atoms with Gasteiger partial charge in [0.15, 0.2) is 0 Å². The fourth-order valence-electron chi connectivity index (χ4n) is 3.92. The summed E-state index contributed by atoms with van der Waals surface area (Å²) < 4.78 is 38.7. The van der Waals surface area contributed by atoms with Crippen LogP contribution in [0.5, 0.6) is 0 Å². The number of carbonyl (C=O) groups excluding carboxylic acids is 1. The molecule has 192 valence electrons. The van der Waals surface area contributed by atoms with Crippen LogP contribution in [-0.2, 0) is 4.84 Å².